The second kappa shape index (κ2) is 6.26. The van der Waals surface area contributed by atoms with Crippen LogP contribution in [0, 0.1) is 17.0 Å². The van der Waals surface area contributed by atoms with Crippen LogP contribution in [0.1, 0.15) is 42.1 Å². The molecule has 0 bridgehead atoms. The van der Waals surface area contributed by atoms with E-state index in [-0.39, 0.29) is 28.0 Å². The van der Waals surface area contributed by atoms with Crippen LogP contribution in [-0.2, 0) is 0 Å². The number of anilines is 1. The number of aromatic nitrogens is 1. The van der Waals surface area contributed by atoms with Gasteiger partial charge in [0.2, 0.25) is 5.43 Å². The van der Waals surface area contributed by atoms with Crippen LogP contribution in [0.4, 0.5) is 14.5 Å². The van der Waals surface area contributed by atoms with E-state index in [1.54, 1.807) is 4.90 Å². The number of pyridine rings is 1. The average Bonchev–Trinajstić information content (AvgIpc) is 3.34. The lowest BCUT2D eigenvalue weighted by molar-refractivity contribution is 0.0694. The van der Waals surface area contributed by atoms with Crippen molar-refractivity contribution in [2.45, 2.75) is 31.7 Å². The summed E-state index contributed by atoms with van der Waals surface area (Å²) in [6, 6.07) is 0.963. The molecule has 8 heteroatoms. The molecule has 2 saturated heterocycles. The summed E-state index contributed by atoms with van der Waals surface area (Å²) in [5, 5.41) is 9.14. The minimum atomic E-state index is -1.39. The summed E-state index contributed by atoms with van der Waals surface area (Å²) in [5.41, 5.74) is -1.33. The number of benzene rings is 1. The molecule has 154 valence electrons. The maximum atomic E-state index is 15.7. The van der Waals surface area contributed by atoms with Crippen LogP contribution in [0.15, 0.2) is 17.1 Å². The molecule has 29 heavy (non-hydrogen) atoms. The van der Waals surface area contributed by atoms with Crippen molar-refractivity contribution in [1.82, 2.24) is 9.47 Å². The molecule has 1 spiro atoms. The standard InChI is InChI=1S/C21H23F2N3O3/c1-24-6-4-21(10-24)5-7-25(11-21)18-15(22)8-13-17(16(18)23)26(12-2-3-12)9-14(19(13)27)20(28)29/h8-9,12H,2-7,10-11H2,1H3,(H,28,29). The van der Waals surface area contributed by atoms with Gasteiger partial charge in [-0.25, -0.2) is 13.6 Å². The van der Waals surface area contributed by atoms with Crippen LogP contribution in [-0.4, -0.2) is 53.8 Å². The Morgan fingerprint density at radius 3 is 2.55 bits per heavy atom. The molecule has 3 heterocycles. The maximum absolute atomic E-state index is 15.7. The number of likely N-dealkylation sites (tertiary alicyclic amines) is 1. The van der Waals surface area contributed by atoms with Crippen LogP contribution < -0.4 is 10.3 Å². The molecule has 1 aliphatic carbocycles. The number of carboxylic acid groups (broad SMARTS) is 1. The Balaban J connectivity index is 1.67. The summed E-state index contributed by atoms with van der Waals surface area (Å²) in [6.07, 6.45) is 4.66. The first kappa shape index (κ1) is 18.5. The average molecular weight is 403 g/mol. The van der Waals surface area contributed by atoms with Gasteiger partial charge in [-0.05, 0) is 45.3 Å². The molecule has 1 saturated carbocycles. The highest BCUT2D eigenvalue weighted by atomic mass is 19.1. The van der Waals surface area contributed by atoms with Gasteiger partial charge in [0, 0.05) is 37.3 Å². The fourth-order valence-corrected chi connectivity index (χ4v) is 5.13. The van der Waals surface area contributed by atoms with Crippen LogP contribution >= 0.6 is 0 Å². The third kappa shape index (κ3) is 2.84. The second-order valence-corrected chi connectivity index (χ2v) is 8.89. The van der Waals surface area contributed by atoms with Crippen molar-refractivity contribution >= 4 is 22.6 Å². The van der Waals surface area contributed by atoms with E-state index in [1.807, 2.05) is 0 Å². The van der Waals surface area contributed by atoms with Gasteiger partial charge in [0.25, 0.3) is 0 Å². The highest BCUT2D eigenvalue weighted by molar-refractivity contribution is 5.94. The molecule has 1 unspecified atom stereocenters. The molecular weight excluding hydrogens is 380 g/mol. The molecule has 3 fully saturated rings. The molecule has 0 radical (unpaired) electrons. The molecule has 1 aromatic heterocycles. The van der Waals surface area contributed by atoms with Gasteiger partial charge in [-0.1, -0.05) is 0 Å². The zero-order valence-electron chi connectivity index (χ0n) is 16.3. The number of fused-ring (bicyclic) bond motifs is 1. The van der Waals surface area contributed by atoms with Gasteiger partial charge in [-0.15, -0.1) is 0 Å². The fourth-order valence-electron chi connectivity index (χ4n) is 5.13. The number of aromatic carboxylic acids is 1. The van der Waals surface area contributed by atoms with Gasteiger partial charge in [0.15, 0.2) is 5.82 Å². The van der Waals surface area contributed by atoms with Crippen molar-refractivity contribution in [3.63, 3.8) is 0 Å². The lowest BCUT2D eigenvalue weighted by Gasteiger charge is -2.26. The third-order valence-corrected chi connectivity index (χ3v) is 6.74. The van der Waals surface area contributed by atoms with Crippen molar-refractivity contribution in [2.24, 2.45) is 5.41 Å². The molecular formula is C21H23F2N3O3. The minimum Gasteiger partial charge on any atom is -0.477 e. The van der Waals surface area contributed by atoms with Crippen LogP contribution in [0.2, 0.25) is 0 Å². The van der Waals surface area contributed by atoms with E-state index in [2.05, 4.69) is 11.9 Å². The van der Waals surface area contributed by atoms with Gasteiger partial charge < -0.3 is 19.5 Å². The third-order valence-electron chi connectivity index (χ3n) is 6.74. The maximum Gasteiger partial charge on any atom is 0.341 e. The van der Waals surface area contributed by atoms with Crippen molar-refractivity contribution in [2.75, 3.05) is 38.1 Å². The number of nitrogens with zero attached hydrogens (tertiary/aromatic N) is 3. The Bertz CT molecular complexity index is 1090. The van der Waals surface area contributed by atoms with Crippen molar-refractivity contribution in [3.8, 4) is 0 Å². The number of hydrogen-bond acceptors (Lipinski definition) is 4. The Labute approximate surface area is 166 Å². The van der Waals surface area contributed by atoms with Gasteiger partial charge >= 0.3 is 5.97 Å². The lowest BCUT2D eigenvalue weighted by atomic mass is 9.86. The zero-order valence-corrected chi connectivity index (χ0v) is 16.3. The molecule has 1 aromatic carbocycles. The topological polar surface area (TPSA) is 65.8 Å². The molecule has 1 N–H and O–H groups in total. The summed E-state index contributed by atoms with van der Waals surface area (Å²) in [6.45, 7) is 3.04. The summed E-state index contributed by atoms with van der Waals surface area (Å²) < 4.78 is 32.3. The van der Waals surface area contributed by atoms with Gasteiger partial charge in [-0.3, -0.25) is 4.79 Å². The molecule has 2 aromatic rings. The first-order valence-electron chi connectivity index (χ1n) is 10.0. The number of rotatable bonds is 3. The van der Waals surface area contributed by atoms with Crippen molar-refractivity contribution in [3.05, 3.63) is 39.7 Å². The normalized spacial score (nSPS) is 24.9. The molecule has 3 aliphatic rings. The van der Waals surface area contributed by atoms with E-state index in [9.17, 15) is 14.7 Å². The van der Waals surface area contributed by atoms with E-state index in [0.29, 0.717) is 13.1 Å². The van der Waals surface area contributed by atoms with E-state index in [4.69, 9.17) is 0 Å². The largest absolute Gasteiger partial charge is 0.477 e. The first-order valence-corrected chi connectivity index (χ1v) is 10.0. The van der Waals surface area contributed by atoms with E-state index >= 15 is 8.78 Å². The summed E-state index contributed by atoms with van der Waals surface area (Å²) >= 11 is 0. The number of halogens is 2. The smallest absolute Gasteiger partial charge is 0.341 e. The van der Waals surface area contributed by atoms with Gasteiger partial charge in [0.05, 0.1) is 10.9 Å². The Morgan fingerprint density at radius 2 is 1.93 bits per heavy atom. The monoisotopic (exact) mass is 403 g/mol. The van der Waals surface area contributed by atoms with Crippen LogP contribution in [0.3, 0.4) is 0 Å². The quantitative estimate of drug-likeness (QED) is 0.854. The molecule has 1 atom stereocenters. The molecule has 6 nitrogen and oxygen atoms in total. The SMILES string of the molecule is CN1CCC2(CCN(c3c(F)cc4c(=O)c(C(=O)O)cn(C5CC5)c4c3F)C2)C1. The minimum absolute atomic E-state index is 0.0170. The van der Waals surface area contributed by atoms with Crippen molar-refractivity contribution < 1.29 is 18.7 Å². The van der Waals surface area contributed by atoms with Gasteiger partial charge in [0.1, 0.15) is 17.1 Å². The predicted octanol–water partition coefficient (Wildman–Crippen LogP) is 2.84. The van der Waals surface area contributed by atoms with Crippen LogP contribution in [0.25, 0.3) is 10.9 Å². The number of hydrogen-bond donors (Lipinski definition) is 1. The van der Waals surface area contributed by atoms with E-state index < -0.39 is 28.6 Å². The van der Waals surface area contributed by atoms with Crippen molar-refractivity contribution in [1.29, 1.82) is 0 Å². The summed E-state index contributed by atoms with van der Waals surface area (Å²) in [5.74, 6) is -2.95. The zero-order chi connectivity index (χ0) is 20.5. The molecule has 2 aliphatic heterocycles. The summed E-state index contributed by atoms with van der Waals surface area (Å²) in [4.78, 5) is 28.1. The predicted molar refractivity (Wildman–Crippen MR) is 105 cm³/mol. The van der Waals surface area contributed by atoms with Crippen LogP contribution in [0.5, 0.6) is 0 Å². The molecule has 0 amide bonds. The highest BCUT2D eigenvalue weighted by Crippen LogP contribution is 2.44. The number of carbonyl (C=O) groups is 1. The first-order chi connectivity index (χ1) is 13.8. The lowest BCUT2D eigenvalue weighted by Crippen LogP contribution is -2.31. The molecule has 5 rings (SSSR count). The summed E-state index contributed by atoms with van der Waals surface area (Å²) in [7, 11) is 2.06. The fraction of sp³-hybridized carbons (Fsp3) is 0.524. The highest BCUT2D eigenvalue weighted by Gasteiger charge is 2.44. The van der Waals surface area contributed by atoms with E-state index in [0.717, 1.165) is 44.8 Å². The van der Waals surface area contributed by atoms with Gasteiger partial charge in [-0.2, -0.15) is 0 Å². The second-order valence-electron chi connectivity index (χ2n) is 8.89. The van der Waals surface area contributed by atoms with E-state index in [1.165, 1.54) is 10.8 Å². The Kier molecular flexibility index (Phi) is 4.00. The Hall–Kier alpha value is -2.48. The number of carboxylic acids is 1. The Morgan fingerprint density at radius 1 is 1.21 bits per heavy atom.